The van der Waals surface area contributed by atoms with Crippen molar-refractivity contribution in [3.8, 4) is 17.1 Å². The van der Waals surface area contributed by atoms with Crippen molar-refractivity contribution in [3.05, 3.63) is 60.2 Å². The van der Waals surface area contributed by atoms with Crippen molar-refractivity contribution in [2.75, 3.05) is 12.9 Å². The van der Waals surface area contributed by atoms with Gasteiger partial charge in [0.15, 0.2) is 5.82 Å². The van der Waals surface area contributed by atoms with E-state index < -0.39 is 0 Å². The Bertz CT molecular complexity index is 923. The van der Waals surface area contributed by atoms with Crippen molar-refractivity contribution < 1.29 is 9.53 Å². The summed E-state index contributed by atoms with van der Waals surface area (Å²) >= 11 is 1.33. The SMILES string of the molecule is COc1ccc(-c2nc(SCC(=O)NC(c3ccccc3)C3CC3)n[nH]2)cc1. The number of rotatable bonds is 8. The number of hydrogen-bond acceptors (Lipinski definition) is 5. The van der Waals surface area contributed by atoms with Crippen molar-refractivity contribution in [1.82, 2.24) is 20.5 Å². The number of aromatic nitrogens is 3. The average molecular weight is 395 g/mol. The first kappa shape index (κ1) is 18.6. The first-order valence-corrected chi connectivity index (χ1v) is 10.3. The Labute approximate surface area is 168 Å². The van der Waals surface area contributed by atoms with E-state index >= 15 is 0 Å². The van der Waals surface area contributed by atoms with Gasteiger partial charge < -0.3 is 10.1 Å². The molecule has 28 heavy (non-hydrogen) atoms. The van der Waals surface area contributed by atoms with E-state index in [9.17, 15) is 4.79 Å². The van der Waals surface area contributed by atoms with Gasteiger partial charge in [-0.3, -0.25) is 9.89 Å². The monoisotopic (exact) mass is 394 g/mol. The van der Waals surface area contributed by atoms with Crippen molar-refractivity contribution in [2.45, 2.75) is 24.0 Å². The first-order chi connectivity index (χ1) is 13.7. The highest BCUT2D eigenvalue weighted by Crippen LogP contribution is 2.41. The van der Waals surface area contributed by atoms with E-state index in [-0.39, 0.29) is 17.7 Å². The minimum Gasteiger partial charge on any atom is -0.497 e. The number of carbonyl (C=O) groups is 1. The van der Waals surface area contributed by atoms with Crippen LogP contribution < -0.4 is 10.1 Å². The highest BCUT2D eigenvalue weighted by atomic mass is 32.2. The minimum atomic E-state index is 0.00144. The molecule has 1 aliphatic carbocycles. The number of nitrogens with one attached hydrogen (secondary N) is 2. The first-order valence-electron chi connectivity index (χ1n) is 9.27. The highest BCUT2D eigenvalue weighted by molar-refractivity contribution is 7.99. The molecule has 1 fully saturated rings. The summed E-state index contributed by atoms with van der Waals surface area (Å²) in [6.45, 7) is 0. The molecule has 3 aromatic rings. The molecule has 0 spiro atoms. The van der Waals surface area contributed by atoms with E-state index in [1.807, 2.05) is 42.5 Å². The maximum absolute atomic E-state index is 12.5. The summed E-state index contributed by atoms with van der Waals surface area (Å²) in [5.41, 5.74) is 2.09. The number of nitrogens with zero attached hydrogens (tertiary/aromatic N) is 2. The second-order valence-electron chi connectivity index (χ2n) is 6.78. The van der Waals surface area contributed by atoms with E-state index in [4.69, 9.17) is 4.74 Å². The fourth-order valence-electron chi connectivity index (χ4n) is 3.10. The van der Waals surface area contributed by atoms with Crippen LogP contribution in [0.15, 0.2) is 59.8 Å². The van der Waals surface area contributed by atoms with Gasteiger partial charge in [-0.15, -0.1) is 5.10 Å². The van der Waals surface area contributed by atoms with Crippen LogP contribution in [-0.2, 0) is 4.79 Å². The Morgan fingerprint density at radius 1 is 1.21 bits per heavy atom. The van der Waals surface area contributed by atoms with E-state index in [0.29, 0.717) is 16.9 Å². The molecule has 1 aromatic heterocycles. The van der Waals surface area contributed by atoms with Crippen molar-refractivity contribution in [2.24, 2.45) is 5.92 Å². The number of H-pyrrole nitrogens is 1. The summed E-state index contributed by atoms with van der Waals surface area (Å²) in [6.07, 6.45) is 2.33. The summed E-state index contributed by atoms with van der Waals surface area (Å²) in [4.78, 5) is 16.9. The van der Waals surface area contributed by atoms with Gasteiger partial charge in [0.05, 0.1) is 18.9 Å². The number of aromatic amines is 1. The van der Waals surface area contributed by atoms with Crippen LogP contribution in [0.4, 0.5) is 0 Å². The fraction of sp³-hybridized carbons (Fsp3) is 0.286. The molecule has 4 rings (SSSR count). The number of ether oxygens (including phenoxy) is 1. The molecule has 1 unspecified atom stereocenters. The molecule has 0 aliphatic heterocycles. The molecule has 0 bridgehead atoms. The standard InChI is InChI=1S/C21H22N4O2S/c1-27-17-11-9-16(10-12-17)20-23-21(25-24-20)28-13-18(26)22-19(15-7-8-15)14-5-3-2-4-6-14/h2-6,9-12,15,19H,7-8,13H2,1H3,(H,22,26)(H,23,24,25). The van der Waals surface area contributed by atoms with Gasteiger partial charge in [0.1, 0.15) is 5.75 Å². The molecule has 7 heteroatoms. The van der Waals surface area contributed by atoms with Gasteiger partial charge in [0.25, 0.3) is 0 Å². The van der Waals surface area contributed by atoms with Gasteiger partial charge >= 0.3 is 0 Å². The molecular formula is C21H22N4O2S. The Balaban J connectivity index is 1.34. The van der Waals surface area contributed by atoms with Crippen LogP contribution in [0.3, 0.4) is 0 Å². The Hall–Kier alpha value is -2.80. The lowest BCUT2D eigenvalue weighted by Crippen LogP contribution is -2.31. The Morgan fingerprint density at radius 2 is 1.96 bits per heavy atom. The number of hydrogen-bond donors (Lipinski definition) is 2. The van der Waals surface area contributed by atoms with Crippen molar-refractivity contribution in [1.29, 1.82) is 0 Å². The van der Waals surface area contributed by atoms with Crippen LogP contribution in [0, 0.1) is 5.92 Å². The smallest absolute Gasteiger partial charge is 0.230 e. The van der Waals surface area contributed by atoms with Crippen molar-refractivity contribution in [3.63, 3.8) is 0 Å². The number of methoxy groups -OCH3 is 1. The van der Waals surface area contributed by atoms with Gasteiger partial charge in [-0.25, -0.2) is 4.98 Å². The minimum absolute atomic E-state index is 0.00144. The molecule has 0 radical (unpaired) electrons. The van der Waals surface area contributed by atoms with Gasteiger partial charge in [-0.05, 0) is 48.6 Å². The molecule has 1 amide bonds. The third kappa shape index (κ3) is 4.54. The van der Waals surface area contributed by atoms with E-state index in [1.54, 1.807) is 7.11 Å². The second-order valence-corrected chi connectivity index (χ2v) is 7.72. The van der Waals surface area contributed by atoms with Crippen LogP contribution in [0.2, 0.25) is 0 Å². The Morgan fingerprint density at radius 3 is 2.64 bits per heavy atom. The lowest BCUT2D eigenvalue weighted by Gasteiger charge is -2.18. The van der Waals surface area contributed by atoms with E-state index in [0.717, 1.165) is 11.3 Å². The van der Waals surface area contributed by atoms with Crippen molar-refractivity contribution >= 4 is 17.7 Å². The van der Waals surface area contributed by atoms with Crippen LogP contribution in [0.5, 0.6) is 5.75 Å². The van der Waals surface area contributed by atoms with Gasteiger partial charge in [0, 0.05) is 5.56 Å². The second kappa shape index (κ2) is 8.48. The zero-order valence-corrected chi connectivity index (χ0v) is 16.4. The zero-order chi connectivity index (χ0) is 19.3. The maximum atomic E-state index is 12.5. The highest BCUT2D eigenvalue weighted by Gasteiger charge is 2.33. The van der Waals surface area contributed by atoms with Crippen LogP contribution >= 0.6 is 11.8 Å². The number of amides is 1. The lowest BCUT2D eigenvalue weighted by molar-refractivity contribution is -0.119. The number of carbonyl (C=O) groups excluding carboxylic acids is 1. The number of benzene rings is 2. The summed E-state index contributed by atoms with van der Waals surface area (Å²) < 4.78 is 5.17. The normalized spacial score (nSPS) is 14.5. The zero-order valence-electron chi connectivity index (χ0n) is 15.6. The molecule has 1 aliphatic rings. The molecule has 1 heterocycles. The predicted molar refractivity (Wildman–Crippen MR) is 109 cm³/mol. The van der Waals surface area contributed by atoms with Gasteiger partial charge in [-0.1, -0.05) is 42.1 Å². The third-order valence-corrected chi connectivity index (χ3v) is 5.58. The van der Waals surface area contributed by atoms with E-state index in [2.05, 4.69) is 32.6 Å². The molecule has 6 nitrogen and oxygen atoms in total. The van der Waals surface area contributed by atoms with Gasteiger partial charge in [0.2, 0.25) is 11.1 Å². The molecule has 2 aromatic carbocycles. The molecule has 2 N–H and O–H groups in total. The molecule has 144 valence electrons. The van der Waals surface area contributed by atoms with Gasteiger partial charge in [-0.2, -0.15) is 0 Å². The summed E-state index contributed by atoms with van der Waals surface area (Å²) in [5, 5.41) is 10.9. The van der Waals surface area contributed by atoms with Crippen LogP contribution in [0.1, 0.15) is 24.4 Å². The molecule has 1 saturated carbocycles. The van der Waals surface area contributed by atoms with E-state index in [1.165, 1.54) is 30.2 Å². The topological polar surface area (TPSA) is 79.9 Å². The quantitative estimate of drug-likeness (QED) is 0.568. The lowest BCUT2D eigenvalue weighted by atomic mass is 10.0. The summed E-state index contributed by atoms with van der Waals surface area (Å²) in [5.74, 6) is 2.29. The molecule has 1 atom stereocenters. The largest absolute Gasteiger partial charge is 0.497 e. The number of thioether (sulfide) groups is 1. The summed E-state index contributed by atoms with van der Waals surface area (Å²) in [6, 6.07) is 17.9. The van der Waals surface area contributed by atoms with Crippen LogP contribution in [0.25, 0.3) is 11.4 Å². The molecule has 0 saturated heterocycles. The molecular weight excluding hydrogens is 372 g/mol. The third-order valence-electron chi connectivity index (χ3n) is 4.73. The Kier molecular flexibility index (Phi) is 5.62. The predicted octanol–water partition coefficient (Wildman–Crippen LogP) is 3.84. The summed E-state index contributed by atoms with van der Waals surface area (Å²) in [7, 11) is 1.63. The average Bonchev–Trinajstić information content (AvgIpc) is 3.48. The fourth-order valence-corrected chi connectivity index (χ4v) is 3.71. The van der Waals surface area contributed by atoms with Crippen LogP contribution in [-0.4, -0.2) is 34.0 Å². The maximum Gasteiger partial charge on any atom is 0.230 e.